The molecule has 6 rings (SSSR count). The van der Waals surface area contributed by atoms with E-state index in [1.54, 1.807) is 5.20 Å². The topological polar surface area (TPSA) is 0 Å². The van der Waals surface area contributed by atoms with Crippen LogP contribution in [-0.4, -0.2) is 8.07 Å². The van der Waals surface area contributed by atoms with E-state index in [9.17, 15) is 0 Å². The highest BCUT2D eigenvalue weighted by molar-refractivity contribution is 6.84. The van der Waals surface area contributed by atoms with Gasteiger partial charge in [0.05, 0.1) is 8.07 Å². The van der Waals surface area contributed by atoms with Crippen LogP contribution in [0.2, 0.25) is 19.6 Å². The Morgan fingerprint density at radius 2 is 1.26 bits per heavy atom. The summed E-state index contributed by atoms with van der Waals surface area (Å²) in [6.45, 7) is 7.34. The average molecular weight is 467 g/mol. The molecule has 0 heterocycles. The van der Waals surface area contributed by atoms with E-state index in [-0.39, 0.29) is 0 Å². The van der Waals surface area contributed by atoms with Crippen molar-refractivity contribution in [3.8, 4) is 0 Å². The van der Waals surface area contributed by atoms with Gasteiger partial charge in [0.2, 0.25) is 0 Å². The molecular formula is C34H30Si. The van der Waals surface area contributed by atoms with Crippen LogP contribution in [0.5, 0.6) is 0 Å². The molecule has 0 aliphatic heterocycles. The Kier molecular flexibility index (Phi) is 5.31. The van der Waals surface area contributed by atoms with Crippen LogP contribution >= 0.6 is 0 Å². The summed E-state index contributed by atoms with van der Waals surface area (Å²) < 4.78 is 0. The van der Waals surface area contributed by atoms with Crippen LogP contribution in [0.15, 0.2) is 114 Å². The predicted molar refractivity (Wildman–Crippen MR) is 152 cm³/mol. The molecule has 1 heteroatoms. The molecule has 0 amide bonds. The first-order valence-corrected chi connectivity index (χ1v) is 16.0. The lowest BCUT2D eigenvalue weighted by Gasteiger charge is -2.17. The average Bonchev–Trinajstić information content (AvgIpc) is 3.51. The molecule has 0 nitrogen and oxygen atoms in total. The number of allylic oxidation sites excluding steroid dienone is 4. The summed E-state index contributed by atoms with van der Waals surface area (Å²) in [5.74, 6) is 0. The van der Waals surface area contributed by atoms with Crippen molar-refractivity contribution >= 4 is 25.3 Å². The number of rotatable bonds is 4. The maximum atomic E-state index is 2.51. The van der Waals surface area contributed by atoms with Crippen LogP contribution in [0, 0.1) is 10.4 Å². The molecule has 35 heavy (non-hydrogen) atoms. The van der Waals surface area contributed by atoms with Gasteiger partial charge < -0.3 is 0 Å². The first kappa shape index (κ1) is 21.8. The first-order chi connectivity index (χ1) is 17.0. The summed E-state index contributed by atoms with van der Waals surface area (Å²) in [6.07, 6.45) is 8.40. The van der Waals surface area contributed by atoms with Crippen molar-refractivity contribution < 1.29 is 0 Å². The Balaban J connectivity index is 1.77. The minimum Gasteiger partial charge on any atom is -0.0808 e. The number of hydrogen-bond acceptors (Lipinski definition) is 0. The monoisotopic (exact) mass is 466 g/mol. The molecule has 170 valence electrons. The summed E-state index contributed by atoms with van der Waals surface area (Å²) in [7, 11) is -1.39. The number of hydrogen-bond donors (Lipinski definition) is 0. The molecule has 0 radical (unpaired) electrons. The first-order valence-electron chi connectivity index (χ1n) is 12.5. The van der Waals surface area contributed by atoms with Crippen LogP contribution in [0.1, 0.15) is 28.7 Å². The van der Waals surface area contributed by atoms with Gasteiger partial charge in [-0.05, 0) is 66.8 Å². The Hall–Kier alpha value is -3.68. The zero-order valence-electron chi connectivity index (χ0n) is 20.7. The zero-order chi connectivity index (χ0) is 24.0. The fraction of sp³-hybridized carbons (Fsp3) is 0.118. The van der Waals surface area contributed by atoms with Crippen molar-refractivity contribution in [2.75, 3.05) is 0 Å². The molecule has 0 saturated heterocycles. The standard InChI is InChI=1S/C34H30Si/c1-35(2,3)28-19-18-27(22-28)34-31(21-20-30-29-17-11-10-16-26(29)23-32(30)34)33(24-12-6-4-7-13-24)25-14-8-5-9-15-25/h4-17,19-23H,18H2,1-3H3. The quantitative estimate of drug-likeness (QED) is 0.251. The fourth-order valence-corrected chi connectivity index (χ4v) is 6.81. The van der Waals surface area contributed by atoms with Gasteiger partial charge in [0.25, 0.3) is 0 Å². The SMILES string of the molecule is C[Si](C)(C)C1=CCC(c2c3c(ccc2=C(c2ccccc2)c2ccccc2)=c2ccccc2=C3)=C1. The molecule has 0 aromatic heterocycles. The van der Waals surface area contributed by atoms with Gasteiger partial charge in [0.15, 0.2) is 0 Å². The highest BCUT2D eigenvalue weighted by Crippen LogP contribution is 2.34. The van der Waals surface area contributed by atoms with Crippen LogP contribution in [-0.2, 0) is 0 Å². The van der Waals surface area contributed by atoms with E-state index in [4.69, 9.17) is 0 Å². The summed E-state index contributed by atoms with van der Waals surface area (Å²) in [5.41, 5.74) is 8.02. The Morgan fingerprint density at radius 3 is 1.89 bits per heavy atom. The molecule has 0 saturated carbocycles. The second-order valence-corrected chi connectivity index (χ2v) is 15.6. The third-order valence-corrected chi connectivity index (χ3v) is 9.33. The van der Waals surface area contributed by atoms with Gasteiger partial charge in [-0.15, -0.1) is 0 Å². The minimum absolute atomic E-state index is 1.00. The van der Waals surface area contributed by atoms with Gasteiger partial charge in [-0.2, -0.15) is 0 Å². The summed E-state index contributed by atoms with van der Waals surface area (Å²) in [6, 6.07) is 35.3. The number of benzene rings is 4. The van der Waals surface area contributed by atoms with Crippen molar-refractivity contribution in [2.24, 2.45) is 0 Å². The normalized spacial score (nSPS) is 14.0. The second kappa shape index (κ2) is 8.52. The maximum absolute atomic E-state index is 2.51. The summed E-state index contributed by atoms with van der Waals surface area (Å²) >= 11 is 0. The fourth-order valence-electron chi connectivity index (χ4n) is 5.49. The molecule has 0 spiro atoms. The highest BCUT2D eigenvalue weighted by atomic mass is 28.3. The Bertz CT molecular complexity index is 1670. The van der Waals surface area contributed by atoms with Crippen molar-refractivity contribution in [2.45, 2.75) is 26.1 Å². The molecule has 0 fully saturated rings. The lowest BCUT2D eigenvalue weighted by molar-refractivity contribution is 1.35. The third kappa shape index (κ3) is 3.86. The Morgan fingerprint density at radius 1 is 0.629 bits per heavy atom. The lowest BCUT2D eigenvalue weighted by Crippen LogP contribution is -2.22. The highest BCUT2D eigenvalue weighted by Gasteiger charge is 2.24. The predicted octanol–water partition coefficient (Wildman–Crippen LogP) is 6.95. The van der Waals surface area contributed by atoms with Gasteiger partial charge in [-0.25, -0.2) is 0 Å². The van der Waals surface area contributed by atoms with Crippen LogP contribution in [0.25, 0.3) is 17.2 Å². The van der Waals surface area contributed by atoms with Gasteiger partial charge >= 0.3 is 0 Å². The second-order valence-electron chi connectivity index (χ2n) is 10.6. The molecular weight excluding hydrogens is 436 g/mol. The van der Waals surface area contributed by atoms with E-state index >= 15 is 0 Å². The summed E-state index contributed by atoms with van der Waals surface area (Å²) in [5, 5.41) is 6.89. The lowest BCUT2D eigenvalue weighted by atomic mass is 9.88. The van der Waals surface area contributed by atoms with Gasteiger partial charge in [0, 0.05) is 0 Å². The van der Waals surface area contributed by atoms with Gasteiger partial charge in [-0.3, -0.25) is 0 Å². The number of fused-ring (bicyclic) bond motifs is 2. The van der Waals surface area contributed by atoms with E-state index in [1.165, 1.54) is 54.3 Å². The van der Waals surface area contributed by atoms with Crippen LogP contribution < -0.4 is 10.4 Å². The smallest absolute Gasteiger partial charge is 0.0772 e. The largest absolute Gasteiger partial charge is 0.0808 e. The zero-order valence-corrected chi connectivity index (χ0v) is 21.7. The van der Waals surface area contributed by atoms with Gasteiger partial charge in [0.1, 0.15) is 0 Å². The molecule has 2 aliphatic rings. The minimum atomic E-state index is -1.39. The van der Waals surface area contributed by atoms with Crippen molar-refractivity contribution in [1.82, 2.24) is 0 Å². The van der Waals surface area contributed by atoms with Crippen molar-refractivity contribution in [3.63, 3.8) is 0 Å². The molecule has 4 aromatic carbocycles. The Labute approximate surface area is 208 Å². The van der Waals surface area contributed by atoms with Gasteiger partial charge in [-0.1, -0.05) is 134 Å². The molecule has 0 atom stereocenters. The van der Waals surface area contributed by atoms with Crippen LogP contribution in [0.3, 0.4) is 0 Å². The van der Waals surface area contributed by atoms with Crippen LogP contribution in [0.4, 0.5) is 0 Å². The summed E-state index contributed by atoms with van der Waals surface area (Å²) in [4.78, 5) is 0. The van der Waals surface area contributed by atoms with Crippen molar-refractivity contribution in [1.29, 1.82) is 0 Å². The van der Waals surface area contributed by atoms with E-state index < -0.39 is 8.07 Å². The van der Waals surface area contributed by atoms with E-state index in [0.717, 1.165) is 6.42 Å². The molecule has 2 aliphatic carbocycles. The third-order valence-electron chi connectivity index (χ3n) is 7.25. The molecule has 4 aromatic rings. The molecule has 0 bridgehead atoms. The van der Waals surface area contributed by atoms with Crippen molar-refractivity contribution in [3.05, 3.63) is 158 Å². The van der Waals surface area contributed by atoms with E-state index in [0.29, 0.717) is 0 Å². The van der Waals surface area contributed by atoms with E-state index in [1.807, 2.05) is 0 Å². The van der Waals surface area contributed by atoms with E-state index in [2.05, 4.69) is 135 Å². The molecule has 0 unspecified atom stereocenters. The molecule has 0 N–H and O–H groups in total. The maximum Gasteiger partial charge on any atom is 0.0772 e.